The van der Waals surface area contributed by atoms with Crippen LogP contribution in [-0.4, -0.2) is 49.3 Å². The first-order valence-corrected chi connectivity index (χ1v) is 12.4. The summed E-state index contributed by atoms with van der Waals surface area (Å²) in [6.45, 7) is 2.76. The van der Waals surface area contributed by atoms with Crippen LogP contribution in [0.25, 0.3) is 0 Å². The van der Waals surface area contributed by atoms with E-state index in [0.717, 1.165) is 61.3 Å². The van der Waals surface area contributed by atoms with Gasteiger partial charge in [0.1, 0.15) is 18.1 Å². The topological polar surface area (TPSA) is 85.3 Å². The molecule has 0 saturated carbocycles. The van der Waals surface area contributed by atoms with Crippen LogP contribution in [0, 0.1) is 0 Å². The number of nitrogens with zero attached hydrogens (tertiary/aromatic N) is 1. The van der Waals surface area contributed by atoms with E-state index in [4.69, 9.17) is 14.2 Å². The lowest BCUT2D eigenvalue weighted by Gasteiger charge is -2.23. The molecule has 0 amide bonds. The maximum Gasteiger partial charge on any atom is 0.337 e. The summed E-state index contributed by atoms with van der Waals surface area (Å²) in [5, 5.41) is 9.49. The number of phenolic OH excluding ortho intramolecular Hbond substituents is 1. The second kappa shape index (κ2) is 14.7. The molecule has 37 heavy (non-hydrogen) atoms. The number of hydrogen-bond donors (Lipinski definition) is 1. The Balaban J connectivity index is 1.63. The first kappa shape index (κ1) is 27.7. The number of ether oxygens (including phenoxy) is 3. The molecule has 0 aliphatic carbocycles. The van der Waals surface area contributed by atoms with Crippen molar-refractivity contribution in [2.45, 2.75) is 38.8 Å². The van der Waals surface area contributed by atoms with Crippen LogP contribution in [0.15, 0.2) is 72.8 Å². The van der Waals surface area contributed by atoms with Gasteiger partial charge in [-0.1, -0.05) is 42.5 Å². The molecule has 0 atom stereocenters. The molecule has 1 N–H and O–H groups in total. The predicted octanol–water partition coefficient (Wildman–Crippen LogP) is 5.15. The number of esters is 2. The standard InChI is InChI=1S/C30H35NO6/c1-35-29(33)9-5-6-19-31(21-23-10-14-26(15-11-23)30(34)36-2)20-18-25-7-3-4-8-28(25)37-22-24-12-16-27(32)17-13-24/h3-4,7-8,10-17,32H,5-6,9,18-22H2,1-2H3. The summed E-state index contributed by atoms with van der Waals surface area (Å²) in [7, 11) is 2.78. The Morgan fingerprint density at radius 3 is 2.22 bits per heavy atom. The summed E-state index contributed by atoms with van der Waals surface area (Å²) >= 11 is 0. The van der Waals surface area contributed by atoms with E-state index in [0.29, 0.717) is 18.6 Å². The summed E-state index contributed by atoms with van der Waals surface area (Å²) in [6, 6.07) is 22.5. The van der Waals surface area contributed by atoms with Crippen molar-refractivity contribution >= 4 is 11.9 Å². The summed E-state index contributed by atoms with van der Waals surface area (Å²) in [4.78, 5) is 25.6. The molecule has 196 valence electrons. The number of phenols is 1. The largest absolute Gasteiger partial charge is 0.508 e. The van der Waals surface area contributed by atoms with Gasteiger partial charge in [-0.25, -0.2) is 4.79 Å². The van der Waals surface area contributed by atoms with Gasteiger partial charge in [-0.3, -0.25) is 9.69 Å². The molecule has 7 nitrogen and oxygen atoms in total. The van der Waals surface area contributed by atoms with Crippen LogP contribution >= 0.6 is 0 Å². The first-order valence-electron chi connectivity index (χ1n) is 12.4. The Labute approximate surface area is 218 Å². The number of para-hydroxylation sites is 1. The molecule has 0 aliphatic heterocycles. The number of aromatic hydroxyl groups is 1. The van der Waals surface area contributed by atoms with Crippen LogP contribution in [0.5, 0.6) is 11.5 Å². The summed E-state index contributed by atoms with van der Waals surface area (Å²) in [6.07, 6.45) is 2.83. The Kier molecular flexibility index (Phi) is 11.0. The van der Waals surface area contributed by atoms with E-state index in [1.165, 1.54) is 14.2 Å². The highest BCUT2D eigenvalue weighted by Crippen LogP contribution is 2.21. The smallest absolute Gasteiger partial charge is 0.337 e. The Morgan fingerprint density at radius 1 is 0.811 bits per heavy atom. The maximum absolute atomic E-state index is 11.8. The SMILES string of the molecule is COC(=O)CCCCN(CCc1ccccc1OCc1ccc(O)cc1)Cc1ccc(C(=O)OC)cc1. The summed E-state index contributed by atoms with van der Waals surface area (Å²) in [5.74, 6) is 0.527. The molecule has 7 heteroatoms. The highest BCUT2D eigenvalue weighted by Gasteiger charge is 2.12. The molecule has 3 rings (SSSR count). The van der Waals surface area contributed by atoms with Crippen LogP contribution in [0.2, 0.25) is 0 Å². The van der Waals surface area contributed by atoms with Gasteiger partial charge in [0.25, 0.3) is 0 Å². The fourth-order valence-corrected chi connectivity index (χ4v) is 3.98. The van der Waals surface area contributed by atoms with Crippen molar-refractivity contribution in [2.75, 3.05) is 27.3 Å². The molecule has 0 heterocycles. The second-order valence-electron chi connectivity index (χ2n) is 8.81. The summed E-state index contributed by atoms with van der Waals surface area (Å²) < 4.78 is 15.7. The molecule has 0 unspecified atom stereocenters. The molecule has 3 aromatic rings. The average Bonchev–Trinajstić information content (AvgIpc) is 2.93. The highest BCUT2D eigenvalue weighted by atomic mass is 16.5. The minimum absolute atomic E-state index is 0.190. The van der Waals surface area contributed by atoms with E-state index in [-0.39, 0.29) is 17.7 Å². The molecule has 3 aromatic carbocycles. The third-order valence-corrected chi connectivity index (χ3v) is 6.11. The van der Waals surface area contributed by atoms with Gasteiger partial charge in [0.15, 0.2) is 0 Å². The summed E-state index contributed by atoms with van der Waals surface area (Å²) in [5.41, 5.74) is 3.71. The van der Waals surface area contributed by atoms with E-state index in [2.05, 4.69) is 11.0 Å². The van der Waals surface area contributed by atoms with Crippen LogP contribution in [0.3, 0.4) is 0 Å². The monoisotopic (exact) mass is 505 g/mol. The van der Waals surface area contributed by atoms with Crippen molar-refractivity contribution in [3.8, 4) is 11.5 Å². The van der Waals surface area contributed by atoms with Crippen LogP contribution in [0.1, 0.15) is 46.3 Å². The van der Waals surface area contributed by atoms with Gasteiger partial charge in [0.2, 0.25) is 0 Å². The Hall–Kier alpha value is -3.84. The zero-order valence-electron chi connectivity index (χ0n) is 21.5. The minimum Gasteiger partial charge on any atom is -0.508 e. The minimum atomic E-state index is -0.352. The third kappa shape index (κ3) is 9.28. The third-order valence-electron chi connectivity index (χ3n) is 6.11. The lowest BCUT2D eigenvalue weighted by molar-refractivity contribution is -0.140. The van der Waals surface area contributed by atoms with Gasteiger partial charge in [0.05, 0.1) is 19.8 Å². The predicted molar refractivity (Wildman–Crippen MR) is 142 cm³/mol. The fourth-order valence-electron chi connectivity index (χ4n) is 3.98. The quantitative estimate of drug-likeness (QED) is 0.240. The van der Waals surface area contributed by atoms with Crippen molar-refractivity contribution in [3.63, 3.8) is 0 Å². The van der Waals surface area contributed by atoms with Gasteiger partial charge in [0, 0.05) is 19.5 Å². The van der Waals surface area contributed by atoms with E-state index in [9.17, 15) is 14.7 Å². The van der Waals surface area contributed by atoms with Gasteiger partial charge < -0.3 is 19.3 Å². The van der Waals surface area contributed by atoms with Crippen molar-refractivity contribution in [2.24, 2.45) is 0 Å². The molecular formula is C30H35NO6. The second-order valence-corrected chi connectivity index (χ2v) is 8.81. The number of unbranched alkanes of at least 4 members (excludes halogenated alkanes) is 1. The molecule has 0 saturated heterocycles. The number of rotatable bonds is 14. The fraction of sp³-hybridized carbons (Fsp3) is 0.333. The normalized spacial score (nSPS) is 10.8. The molecule has 0 aromatic heterocycles. The van der Waals surface area contributed by atoms with Crippen molar-refractivity contribution in [3.05, 3.63) is 95.1 Å². The molecule has 0 spiro atoms. The van der Waals surface area contributed by atoms with Crippen LogP contribution in [-0.2, 0) is 33.8 Å². The zero-order chi connectivity index (χ0) is 26.5. The molecule has 0 aliphatic rings. The molecule has 0 fully saturated rings. The lowest BCUT2D eigenvalue weighted by atomic mass is 10.1. The molecule has 0 bridgehead atoms. The molecular weight excluding hydrogens is 470 g/mol. The number of methoxy groups -OCH3 is 2. The van der Waals surface area contributed by atoms with E-state index in [1.54, 1.807) is 24.3 Å². The zero-order valence-corrected chi connectivity index (χ0v) is 21.5. The highest BCUT2D eigenvalue weighted by molar-refractivity contribution is 5.89. The number of carbonyl (C=O) groups excluding carboxylic acids is 2. The van der Waals surface area contributed by atoms with Crippen molar-refractivity contribution in [1.29, 1.82) is 0 Å². The average molecular weight is 506 g/mol. The van der Waals surface area contributed by atoms with Gasteiger partial charge in [-0.05, 0) is 72.8 Å². The Bertz CT molecular complexity index is 1130. The number of carbonyl (C=O) groups is 2. The van der Waals surface area contributed by atoms with Crippen molar-refractivity contribution < 1.29 is 28.9 Å². The maximum atomic E-state index is 11.8. The number of benzene rings is 3. The number of hydrogen-bond acceptors (Lipinski definition) is 7. The van der Waals surface area contributed by atoms with Crippen LogP contribution in [0.4, 0.5) is 0 Å². The van der Waals surface area contributed by atoms with Crippen LogP contribution < -0.4 is 4.74 Å². The lowest BCUT2D eigenvalue weighted by Crippen LogP contribution is -2.27. The Morgan fingerprint density at radius 2 is 1.51 bits per heavy atom. The van der Waals surface area contributed by atoms with E-state index in [1.807, 2.05) is 42.5 Å². The van der Waals surface area contributed by atoms with Gasteiger partial charge in [-0.2, -0.15) is 0 Å². The van der Waals surface area contributed by atoms with E-state index < -0.39 is 0 Å². The van der Waals surface area contributed by atoms with Gasteiger partial charge in [-0.15, -0.1) is 0 Å². The first-order chi connectivity index (χ1) is 18.0. The van der Waals surface area contributed by atoms with Gasteiger partial charge >= 0.3 is 11.9 Å². The van der Waals surface area contributed by atoms with E-state index >= 15 is 0 Å². The van der Waals surface area contributed by atoms with Crippen molar-refractivity contribution in [1.82, 2.24) is 4.90 Å². The molecule has 0 radical (unpaired) electrons.